The number of carbonyl (C=O) groups is 2. The van der Waals surface area contributed by atoms with Gasteiger partial charge in [-0.1, -0.05) is 12.1 Å². The van der Waals surface area contributed by atoms with Crippen LogP contribution < -0.4 is 14.8 Å². The summed E-state index contributed by atoms with van der Waals surface area (Å²) in [6.45, 7) is -1.45. The van der Waals surface area contributed by atoms with Crippen LogP contribution in [0.15, 0.2) is 48.9 Å². The van der Waals surface area contributed by atoms with Crippen molar-refractivity contribution in [2.24, 2.45) is 0 Å². The zero-order valence-electron chi connectivity index (χ0n) is 21.2. The highest BCUT2D eigenvalue weighted by molar-refractivity contribution is 5.94. The predicted octanol–water partition coefficient (Wildman–Crippen LogP) is 2.93. The van der Waals surface area contributed by atoms with Crippen LogP contribution in [0.5, 0.6) is 11.6 Å². The van der Waals surface area contributed by atoms with Gasteiger partial charge in [-0.25, -0.2) is 15.0 Å². The van der Waals surface area contributed by atoms with E-state index in [2.05, 4.69) is 25.0 Å². The second-order valence-corrected chi connectivity index (χ2v) is 8.86. The number of benzene rings is 1. The first-order chi connectivity index (χ1) is 18.6. The molecule has 1 aromatic carbocycles. The van der Waals surface area contributed by atoms with E-state index < -0.39 is 12.8 Å². The van der Waals surface area contributed by atoms with Gasteiger partial charge in [0.15, 0.2) is 0 Å². The van der Waals surface area contributed by atoms with Crippen LogP contribution in [0.4, 0.5) is 13.2 Å². The van der Waals surface area contributed by atoms with Gasteiger partial charge in [-0.15, -0.1) is 0 Å². The van der Waals surface area contributed by atoms with Crippen LogP contribution in [0.25, 0.3) is 11.1 Å². The van der Waals surface area contributed by atoms with Gasteiger partial charge >= 0.3 is 6.18 Å². The molecule has 0 unspecified atom stereocenters. The fourth-order valence-electron chi connectivity index (χ4n) is 3.81. The highest BCUT2D eigenvalue weighted by Gasteiger charge is 2.27. The number of pyridine rings is 1. The van der Waals surface area contributed by atoms with Crippen LogP contribution in [0.3, 0.4) is 0 Å². The van der Waals surface area contributed by atoms with E-state index in [0.29, 0.717) is 17.7 Å². The van der Waals surface area contributed by atoms with Crippen LogP contribution in [-0.2, 0) is 11.2 Å². The van der Waals surface area contributed by atoms with Gasteiger partial charge in [0, 0.05) is 56.3 Å². The van der Waals surface area contributed by atoms with E-state index >= 15 is 0 Å². The van der Waals surface area contributed by atoms with Crippen LogP contribution >= 0.6 is 0 Å². The Morgan fingerprint density at radius 3 is 2.51 bits per heavy atom. The van der Waals surface area contributed by atoms with Crippen molar-refractivity contribution < 1.29 is 37.0 Å². The molecule has 13 heteroatoms. The molecule has 4 rings (SSSR count). The zero-order chi connectivity index (χ0) is 28.0. The summed E-state index contributed by atoms with van der Waals surface area (Å²) < 4.78 is 51.9. The standard InChI is InChI=1S/C26H26F3N5O5/c1-34(2)25(36)23-31-12-17(13-32-23)19-4-3-5-21-20(19)10-18(14-39-21)33-24(35)16-6-7-22(30-11-16)38-9-8-37-15-26(27,28)29/h3-7,11-13,18H,8-10,14-15H2,1-2H3,(H,33,35)/t18-/m0/s1. The molecule has 1 aliphatic rings. The summed E-state index contributed by atoms with van der Waals surface area (Å²) in [5.74, 6) is 0.268. The van der Waals surface area contributed by atoms with E-state index in [4.69, 9.17) is 9.47 Å². The Bertz CT molecular complexity index is 1300. The predicted molar refractivity (Wildman–Crippen MR) is 133 cm³/mol. The van der Waals surface area contributed by atoms with E-state index in [0.717, 1.165) is 11.1 Å². The van der Waals surface area contributed by atoms with E-state index in [-0.39, 0.29) is 54.9 Å². The average Bonchev–Trinajstić information content (AvgIpc) is 2.92. The van der Waals surface area contributed by atoms with Crippen LogP contribution in [-0.4, -0.2) is 84.4 Å². The number of ether oxygens (including phenoxy) is 3. The molecule has 39 heavy (non-hydrogen) atoms. The van der Waals surface area contributed by atoms with Gasteiger partial charge in [-0.2, -0.15) is 13.2 Å². The molecule has 0 saturated carbocycles. The van der Waals surface area contributed by atoms with Crippen molar-refractivity contribution in [3.05, 3.63) is 65.9 Å². The molecular weight excluding hydrogens is 519 g/mol. The van der Waals surface area contributed by atoms with Crippen molar-refractivity contribution in [2.45, 2.75) is 18.6 Å². The molecule has 3 aromatic rings. The van der Waals surface area contributed by atoms with Crippen LogP contribution in [0.2, 0.25) is 0 Å². The lowest BCUT2D eigenvalue weighted by atomic mass is 9.94. The minimum atomic E-state index is -4.40. The highest BCUT2D eigenvalue weighted by atomic mass is 19.4. The molecule has 1 aliphatic heterocycles. The van der Waals surface area contributed by atoms with Gasteiger partial charge in [0.1, 0.15) is 25.6 Å². The Morgan fingerprint density at radius 1 is 1.08 bits per heavy atom. The third kappa shape index (κ3) is 7.41. The minimum absolute atomic E-state index is 0.0924. The first kappa shape index (κ1) is 27.8. The van der Waals surface area contributed by atoms with Crippen molar-refractivity contribution in [2.75, 3.05) is 40.5 Å². The summed E-state index contributed by atoms with van der Waals surface area (Å²) in [4.78, 5) is 38.7. The number of alkyl halides is 3. The number of amides is 2. The number of aromatic nitrogens is 3. The molecule has 0 radical (unpaired) electrons. The highest BCUT2D eigenvalue weighted by Crippen LogP contribution is 2.34. The van der Waals surface area contributed by atoms with Crippen molar-refractivity contribution in [1.29, 1.82) is 0 Å². The summed E-state index contributed by atoms with van der Waals surface area (Å²) in [7, 11) is 3.25. The number of halogens is 3. The molecule has 0 saturated heterocycles. The third-order valence-corrected chi connectivity index (χ3v) is 5.66. The summed E-state index contributed by atoms with van der Waals surface area (Å²) >= 11 is 0. The van der Waals surface area contributed by atoms with Gasteiger partial charge in [0.05, 0.1) is 18.2 Å². The SMILES string of the molecule is CN(C)C(=O)c1ncc(-c2cccc3c2C[C@H](NC(=O)c2ccc(OCCOCC(F)(F)F)nc2)CO3)cn1. The monoisotopic (exact) mass is 545 g/mol. The number of rotatable bonds is 9. The van der Waals surface area contributed by atoms with Gasteiger partial charge in [0.2, 0.25) is 11.7 Å². The molecule has 0 aliphatic carbocycles. The fourth-order valence-corrected chi connectivity index (χ4v) is 3.81. The lowest BCUT2D eigenvalue weighted by Crippen LogP contribution is -2.42. The molecule has 2 amide bonds. The average molecular weight is 546 g/mol. The number of nitrogens with one attached hydrogen (secondary N) is 1. The lowest BCUT2D eigenvalue weighted by molar-refractivity contribution is -0.175. The number of hydrogen-bond acceptors (Lipinski definition) is 8. The molecule has 0 fully saturated rings. The van der Waals surface area contributed by atoms with Gasteiger partial charge < -0.3 is 24.4 Å². The Labute approximate surface area is 222 Å². The summed E-state index contributed by atoms with van der Waals surface area (Å²) in [6.07, 6.45) is 0.576. The maximum absolute atomic E-state index is 12.8. The Morgan fingerprint density at radius 2 is 1.85 bits per heavy atom. The fraction of sp³-hybridized carbons (Fsp3) is 0.346. The molecule has 10 nitrogen and oxygen atoms in total. The Kier molecular flexibility index (Phi) is 8.59. The molecule has 3 heterocycles. The molecule has 0 spiro atoms. The first-order valence-electron chi connectivity index (χ1n) is 11.9. The second-order valence-electron chi connectivity index (χ2n) is 8.86. The smallest absolute Gasteiger partial charge is 0.411 e. The van der Waals surface area contributed by atoms with E-state index in [1.165, 1.54) is 23.2 Å². The summed E-state index contributed by atoms with van der Waals surface area (Å²) in [6, 6.07) is 8.22. The summed E-state index contributed by atoms with van der Waals surface area (Å²) in [5, 5.41) is 2.93. The first-order valence-corrected chi connectivity index (χ1v) is 11.9. The van der Waals surface area contributed by atoms with Crippen molar-refractivity contribution in [3.63, 3.8) is 0 Å². The molecule has 0 bridgehead atoms. The summed E-state index contributed by atoms with van der Waals surface area (Å²) in [5.41, 5.74) is 2.70. The molecule has 1 N–H and O–H groups in total. The second kappa shape index (κ2) is 12.1. The molecular formula is C26H26F3N5O5. The van der Waals surface area contributed by atoms with Gasteiger partial charge in [0.25, 0.3) is 11.8 Å². The van der Waals surface area contributed by atoms with Gasteiger partial charge in [-0.05, 0) is 17.7 Å². The number of hydrogen-bond donors (Lipinski definition) is 1. The Balaban J connectivity index is 1.35. The van der Waals surface area contributed by atoms with E-state index in [1.807, 2.05) is 18.2 Å². The molecule has 206 valence electrons. The van der Waals surface area contributed by atoms with Crippen molar-refractivity contribution in [3.8, 4) is 22.8 Å². The molecule has 2 aromatic heterocycles. The number of fused-ring (bicyclic) bond motifs is 1. The quantitative estimate of drug-likeness (QED) is 0.408. The van der Waals surface area contributed by atoms with Crippen LogP contribution in [0, 0.1) is 0 Å². The van der Waals surface area contributed by atoms with Crippen molar-refractivity contribution in [1.82, 2.24) is 25.2 Å². The third-order valence-electron chi connectivity index (χ3n) is 5.66. The minimum Gasteiger partial charge on any atom is -0.491 e. The van der Waals surface area contributed by atoms with E-state index in [1.54, 1.807) is 26.5 Å². The zero-order valence-corrected chi connectivity index (χ0v) is 21.2. The Hall–Kier alpha value is -4.26. The van der Waals surface area contributed by atoms with E-state index in [9.17, 15) is 22.8 Å². The maximum Gasteiger partial charge on any atom is 0.411 e. The van der Waals surface area contributed by atoms with Crippen molar-refractivity contribution >= 4 is 11.8 Å². The van der Waals surface area contributed by atoms with Gasteiger partial charge in [-0.3, -0.25) is 9.59 Å². The lowest BCUT2D eigenvalue weighted by Gasteiger charge is -2.28. The normalized spacial score (nSPS) is 14.6. The largest absolute Gasteiger partial charge is 0.491 e. The topological polar surface area (TPSA) is 116 Å². The van der Waals surface area contributed by atoms with Crippen LogP contribution in [0.1, 0.15) is 26.5 Å². The molecule has 1 atom stereocenters. The number of nitrogens with zero attached hydrogens (tertiary/aromatic N) is 4. The maximum atomic E-state index is 12.8. The number of carbonyl (C=O) groups excluding carboxylic acids is 2.